The predicted octanol–water partition coefficient (Wildman–Crippen LogP) is -0.0156. The highest BCUT2D eigenvalue weighted by atomic mass is 32.2. The number of nitrogens with zero attached hydrogens (tertiary/aromatic N) is 3. The Morgan fingerprint density at radius 2 is 1.89 bits per heavy atom. The molecule has 0 unspecified atom stereocenters. The van der Waals surface area contributed by atoms with Crippen molar-refractivity contribution in [2.24, 2.45) is 0 Å². The average Bonchev–Trinajstić information content (AvgIpc) is 2.89. The van der Waals surface area contributed by atoms with Crippen molar-refractivity contribution in [3.05, 3.63) is 12.4 Å². The van der Waals surface area contributed by atoms with Gasteiger partial charge in [-0.3, -0.25) is 0 Å². The Morgan fingerprint density at radius 3 is 2.42 bits per heavy atom. The molecule has 8 heteroatoms. The fraction of sp³-hybridized carbons (Fsp3) is 0.636. The second-order valence-corrected chi connectivity index (χ2v) is 6.45. The van der Waals surface area contributed by atoms with Crippen molar-refractivity contribution in [2.45, 2.75) is 36.6 Å². The van der Waals surface area contributed by atoms with Gasteiger partial charge in [0.1, 0.15) is 4.90 Å². The van der Waals surface area contributed by atoms with E-state index in [1.807, 2.05) is 0 Å². The third kappa shape index (κ3) is 3.02. The second kappa shape index (κ2) is 5.81. The molecule has 0 aliphatic heterocycles. The first kappa shape index (κ1) is 14.2. The number of sulfonamides is 1. The molecule has 0 bridgehead atoms. The van der Waals surface area contributed by atoms with Crippen LogP contribution in [0.5, 0.6) is 0 Å². The molecular formula is C11H18N4O3S. The second-order valence-electron chi connectivity index (χ2n) is 4.55. The highest BCUT2D eigenvalue weighted by Crippen LogP contribution is 2.28. The number of rotatable bonds is 5. The lowest BCUT2D eigenvalue weighted by Gasteiger charge is -2.27. The number of nitrogens with two attached hydrogens (primary N) is 1. The van der Waals surface area contributed by atoms with E-state index in [9.17, 15) is 8.42 Å². The molecule has 1 aliphatic rings. The Hall–Kier alpha value is -1.25. The number of hydrogen-bond acceptors (Lipinski definition) is 6. The van der Waals surface area contributed by atoms with Gasteiger partial charge in [0.25, 0.3) is 0 Å². The number of hydrogen-bond donors (Lipinski definition) is 2. The molecule has 1 aliphatic carbocycles. The zero-order chi connectivity index (χ0) is 13.9. The summed E-state index contributed by atoms with van der Waals surface area (Å²) < 4.78 is 26.4. The van der Waals surface area contributed by atoms with Gasteiger partial charge in [-0.15, -0.1) is 0 Å². The monoisotopic (exact) mass is 286 g/mol. The molecule has 7 nitrogen and oxygen atoms in total. The Balaban J connectivity index is 2.30. The molecule has 0 saturated heterocycles. The summed E-state index contributed by atoms with van der Waals surface area (Å²) in [4.78, 5) is 7.44. The minimum Gasteiger partial charge on any atom is -0.395 e. The maximum Gasteiger partial charge on any atom is 0.246 e. The molecule has 1 fully saturated rings. The summed E-state index contributed by atoms with van der Waals surface area (Å²) in [6.07, 6.45) is 6.10. The number of aliphatic hydroxyl groups is 1. The number of anilines is 1. The van der Waals surface area contributed by atoms with E-state index < -0.39 is 10.0 Å². The fourth-order valence-corrected chi connectivity index (χ4v) is 3.95. The van der Waals surface area contributed by atoms with Crippen LogP contribution >= 0.6 is 0 Å². The molecule has 0 amide bonds. The van der Waals surface area contributed by atoms with Crippen LogP contribution in [0.2, 0.25) is 0 Å². The van der Waals surface area contributed by atoms with Crippen molar-refractivity contribution >= 4 is 16.0 Å². The first-order chi connectivity index (χ1) is 9.05. The average molecular weight is 286 g/mol. The molecule has 1 heterocycles. The van der Waals surface area contributed by atoms with Crippen LogP contribution in [-0.4, -0.2) is 47.0 Å². The SMILES string of the molecule is Nc1ncc(S(=O)(=O)N(CCO)C2CCCC2)cn1. The van der Waals surface area contributed by atoms with Gasteiger partial charge in [0.15, 0.2) is 0 Å². The van der Waals surface area contributed by atoms with Crippen molar-refractivity contribution in [2.75, 3.05) is 18.9 Å². The van der Waals surface area contributed by atoms with Crippen LogP contribution in [0, 0.1) is 0 Å². The third-order valence-electron chi connectivity index (χ3n) is 3.31. The zero-order valence-corrected chi connectivity index (χ0v) is 11.4. The summed E-state index contributed by atoms with van der Waals surface area (Å²) in [6, 6.07) is -0.0466. The van der Waals surface area contributed by atoms with E-state index in [2.05, 4.69) is 9.97 Å². The smallest absolute Gasteiger partial charge is 0.246 e. The van der Waals surface area contributed by atoms with Crippen molar-refractivity contribution in [3.8, 4) is 0 Å². The fourth-order valence-electron chi connectivity index (χ4n) is 2.38. The molecule has 0 aromatic carbocycles. The molecule has 3 N–H and O–H groups in total. The van der Waals surface area contributed by atoms with Crippen LogP contribution in [0.4, 0.5) is 5.95 Å². The van der Waals surface area contributed by atoms with Gasteiger partial charge >= 0.3 is 0 Å². The number of aliphatic hydroxyl groups excluding tert-OH is 1. The Bertz CT molecular complexity index is 511. The molecule has 106 valence electrons. The zero-order valence-electron chi connectivity index (χ0n) is 10.6. The van der Waals surface area contributed by atoms with E-state index in [1.165, 1.54) is 16.7 Å². The molecule has 1 aromatic rings. The largest absolute Gasteiger partial charge is 0.395 e. The number of nitrogen functional groups attached to an aromatic ring is 1. The molecule has 0 atom stereocenters. The van der Waals surface area contributed by atoms with Gasteiger partial charge in [-0.25, -0.2) is 18.4 Å². The molecular weight excluding hydrogens is 268 g/mol. The lowest BCUT2D eigenvalue weighted by molar-refractivity contribution is 0.226. The summed E-state index contributed by atoms with van der Waals surface area (Å²) in [6.45, 7) is -0.108. The molecule has 0 spiro atoms. The van der Waals surface area contributed by atoms with Gasteiger partial charge < -0.3 is 10.8 Å². The van der Waals surface area contributed by atoms with Crippen LogP contribution in [-0.2, 0) is 10.0 Å². The quantitative estimate of drug-likeness (QED) is 0.787. The van der Waals surface area contributed by atoms with Crippen molar-refractivity contribution in [1.29, 1.82) is 0 Å². The van der Waals surface area contributed by atoms with Crippen molar-refractivity contribution in [3.63, 3.8) is 0 Å². The summed E-state index contributed by atoms with van der Waals surface area (Å²) in [5, 5.41) is 9.09. The maximum absolute atomic E-state index is 12.5. The first-order valence-corrected chi connectivity index (χ1v) is 7.70. The minimum absolute atomic E-state index is 0.0158. The predicted molar refractivity (Wildman–Crippen MR) is 69.7 cm³/mol. The summed E-state index contributed by atoms with van der Waals surface area (Å²) in [5.41, 5.74) is 5.36. The van der Waals surface area contributed by atoms with Gasteiger partial charge in [-0.1, -0.05) is 12.8 Å². The van der Waals surface area contributed by atoms with Gasteiger partial charge in [0, 0.05) is 12.6 Å². The van der Waals surface area contributed by atoms with Crippen LogP contribution in [0.3, 0.4) is 0 Å². The van der Waals surface area contributed by atoms with E-state index in [0.29, 0.717) is 0 Å². The van der Waals surface area contributed by atoms with Gasteiger partial charge in [-0.05, 0) is 12.8 Å². The van der Waals surface area contributed by atoms with E-state index in [1.54, 1.807) is 0 Å². The summed E-state index contributed by atoms with van der Waals surface area (Å²) in [5.74, 6) is 0.0357. The van der Waals surface area contributed by atoms with E-state index >= 15 is 0 Å². The topological polar surface area (TPSA) is 109 Å². The molecule has 19 heavy (non-hydrogen) atoms. The summed E-state index contributed by atoms with van der Waals surface area (Å²) >= 11 is 0. The van der Waals surface area contributed by atoms with Crippen LogP contribution in [0.25, 0.3) is 0 Å². The Morgan fingerprint density at radius 1 is 1.32 bits per heavy atom. The molecule has 0 radical (unpaired) electrons. The van der Waals surface area contributed by atoms with Gasteiger partial charge in [0.2, 0.25) is 16.0 Å². The maximum atomic E-state index is 12.5. The normalized spacial score (nSPS) is 17.2. The third-order valence-corrected chi connectivity index (χ3v) is 5.21. The molecule has 1 aromatic heterocycles. The minimum atomic E-state index is -3.67. The summed E-state index contributed by atoms with van der Waals surface area (Å²) in [7, 11) is -3.67. The Kier molecular flexibility index (Phi) is 4.33. The lowest BCUT2D eigenvalue weighted by Crippen LogP contribution is -2.40. The van der Waals surface area contributed by atoms with Crippen LogP contribution in [0.1, 0.15) is 25.7 Å². The van der Waals surface area contributed by atoms with E-state index in [0.717, 1.165) is 25.7 Å². The van der Waals surface area contributed by atoms with Gasteiger partial charge in [0.05, 0.1) is 19.0 Å². The van der Waals surface area contributed by atoms with E-state index in [-0.39, 0.29) is 30.0 Å². The van der Waals surface area contributed by atoms with Crippen molar-refractivity contribution < 1.29 is 13.5 Å². The molecule has 2 rings (SSSR count). The van der Waals surface area contributed by atoms with E-state index in [4.69, 9.17) is 10.8 Å². The van der Waals surface area contributed by atoms with Crippen LogP contribution in [0.15, 0.2) is 17.3 Å². The van der Waals surface area contributed by atoms with Gasteiger partial charge in [-0.2, -0.15) is 4.31 Å². The van der Waals surface area contributed by atoms with Crippen molar-refractivity contribution in [1.82, 2.24) is 14.3 Å². The number of aromatic nitrogens is 2. The first-order valence-electron chi connectivity index (χ1n) is 6.26. The highest BCUT2D eigenvalue weighted by Gasteiger charge is 2.33. The lowest BCUT2D eigenvalue weighted by atomic mass is 10.2. The molecule has 1 saturated carbocycles. The van der Waals surface area contributed by atoms with Crippen LogP contribution < -0.4 is 5.73 Å². The highest BCUT2D eigenvalue weighted by molar-refractivity contribution is 7.89. The Labute approximate surface area is 112 Å². The standard InChI is InChI=1S/C11H18N4O3S/c12-11-13-7-10(8-14-11)19(17,18)15(5-6-16)9-3-1-2-4-9/h7-9,16H,1-6H2,(H2,12,13,14).